The van der Waals surface area contributed by atoms with Crippen molar-refractivity contribution in [3.8, 4) is 11.5 Å². The Hall–Kier alpha value is -3.85. The average Bonchev–Trinajstić information content (AvgIpc) is 3.30. The van der Waals surface area contributed by atoms with Crippen LogP contribution in [0.3, 0.4) is 0 Å². The molecule has 0 radical (unpaired) electrons. The second-order valence-corrected chi connectivity index (χ2v) is 11.8. The molecular weight excluding hydrogens is 605 g/mol. The standard InChI is InChI=1S/C33H31Cl2N3O4S/c1-5-37(6-2)32(40)29-20(3)36-33-38(30(29)25-12-7-8-13-27(25)41-4)31(39)28(43-33)18-22-17-24(35)14-15-26(22)42-19-21-10-9-11-23(34)16-21/h7-18,30H,5-6,19H2,1-4H3/b28-18+/t30-/m0/s1. The van der Waals surface area contributed by atoms with Crippen LogP contribution in [-0.4, -0.2) is 35.6 Å². The summed E-state index contributed by atoms with van der Waals surface area (Å²) in [5.41, 5.74) is 2.98. The van der Waals surface area contributed by atoms with Gasteiger partial charge in [0, 0.05) is 34.3 Å². The number of likely N-dealkylation sites (N-methyl/N-ethyl adjacent to an activating group) is 1. The first-order chi connectivity index (χ1) is 20.7. The summed E-state index contributed by atoms with van der Waals surface area (Å²) < 4.78 is 13.8. The number of carbonyl (C=O) groups is 1. The van der Waals surface area contributed by atoms with E-state index in [-0.39, 0.29) is 18.1 Å². The fourth-order valence-electron chi connectivity index (χ4n) is 5.16. The lowest BCUT2D eigenvalue weighted by Crippen LogP contribution is -2.43. The Balaban J connectivity index is 1.66. The summed E-state index contributed by atoms with van der Waals surface area (Å²) in [6.07, 6.45) is 1.76. The van der Waals surface area contributed by atoms with Gasteiger partial charge >= 0.3 is 0 Å². The summed E-state index contributed by atoms with van der Waals surface area (Å²) >= 11 is 13.8. The molecule has 1 aliphatic heterocycles. The number of halogens is 2. The van der Waals surface area contributed by atoms with Crippen molar-refractivity contribution in [3.63, 3.8) is 0 Å². The van der Waals surface area contributed by atoms with Crippen molar-refractivity contribution in [2.75, 3.05) is 20.2 Å². The lowest BCUT2D eigenvalue weighted by molar-refractivity contribution is -0.127. The van der Waals surface area contributed by atoms with E-state index in [9.17, 15) is 9.59 Å². The van der Waals surface area contributed by atoms with Crippen LogP contribution in [0.25, 0.3) is 6.08 Å². The van der Waals surface area contributed by atoms with Crippen LogP contribution in [0.1, 0.15) is 43.5 Å². The van der Waals surface area contributed by atoms with E-state index in [1.54, 1.807) is 46.9 Å². The van der Waals surface area contributed by atoms with Crippen LogP contribution in [0.5, 0.6) is 11.5 Å². The Kier molecular flexibility index (Phi) is 9.40. The van der Waals surface area contributed by atoms with E-state index in [0.29, 0.717) is 66.4 Å². The van der Waals surface area contributed by atoms with E-state index >= 15 is 0 Å². The minimum atomic E-state index is -0.722. The van der Waals surface area contributed by atoms with Crippen LogP contribution < -0.4 is 24.4 Å². The SMILES string of the molecule is CCN(CC)C(=O)C1=C(C)N=c2s/c(=C/c3cc(Cl)ccc3OCc3cccc(Cl)c3)c(=O)n2[C@H]1c1ccccc1OC. The van der Waals surface area contributed by atoms with Gasteiger partial charge in [-0.1, -0.05) is 64.9 Å². The van der Waals surface area contributed by atoms with E-state index < -0.39 is 6.04 Å². The molecule has 0 bridgehead atoms. The number of rotatable bonds is 9. The normalized spacial score (nSPS) is 14.7. The van der Waals surface area contributed by atoms with Gasteiger partial charge in [-0.25, -0.2) is 4.99 Å². The number of fused-ring (bicyclic) bond motifs is 1. The molecule has 1 atom stereocenters. The number of amides is 1. The summed E-state index contributed by atoms with van der Waals surface area (Å²) in [7, 11) is 1.58. The number of carbonyl (C=O) groups excluding carboxylic acids is 1. The molecule has 2 heterocycles. The molecule has 5 rings (SSSR count). The molecule has 3 aromatic carbocycles. The van der Waals surface area contributed by atoms with Gasteiger partial charge < -0.3 is 14.4 Å². The number of benzene rings is 3. The van der Waals surface area contributed by atoms with Gasteiger partial charge in [0.2, 0.25) is 0 Å². The van der Waals surface area contributed by atoms with E-state index in [0.717, 1.165) is 5.56 Å². The van der Waals surface area contributed by atoms with Gasteiger partial charge in [0.15, 0.2) is 4.80 Å². The third-order valence-electron chi connectivity index (χ3n) is 7.28. The van der Waals surface area contributed by atoms with Crippen molar-refractivity contribution in [1.82, 2.24) is 9.47 Å². The van der Waals surface area contributed by atoms with Crippen molar-refractivity contribution in [2.24, 2.45) is 4.99 Å². The predicted octanol–water partition coefficient (Wildman–Crippen LogP) is 6.00. The third kappa shape index (κ3) is 6.27. The number of thiazole rings is 1. The Morgan fingerprint density at radius 2 is 1.77 bits per heavy atom. The van der Waals surface area contributed by atoms with Crippen LogP contribution in [0.2, 0.25) is 10.0 Å². The molecule has 0 saturated heterocycles. The molecule has 0 spiro atoms. The number of hydrogen-bond donors (Lipinski definition) is 0. The van der Waals surface area contributed by atoms with E-state index in [4.69, 9.17) is 37.7 Å². The van der Waals surface area contributed by atoms with E-state index in [1.807, 2.05) is 63.2 Å². The largest absolute Gasteiger partial charge is 0.496 e. The van der Waals surface area contributed by atoms with Crippen molar-refractivity contribution >= 4 is 46.5 Å². The first-order valence-electron chi connectivity index (χ1n) is 13.9. The highest BCUT2D eigenvalue weighted by atomic mass is 35.5. The number of methoxy groups -OCH3 is 1. The van der Waals surface area contributed by atoms with Crippen molar-refractivity contribution < 1.29 is 14.3 Å². The topological polar surface area (TPSA) is 73.1 Å². The van der Waals surface area contributed by atoms with E-state index in [1.165, 1.54) is 11.3 Å². The van der Waals surface area contributed by atoms with Crippen LogP contribution in [0.15, 0.2) is 87.8 Å². The van der Waals surface area contributed by atoms with Crippen LogP contribution in [-0.2, 0) is 11.4 Å². The van der Waals surface area contributed by atoms with Gasteiger partial charge in [-0.2, -0.15) is 0 Å². The summed E-state index contributed by atoms with van der Waals surface area (Å²) in [5.74, 6) is 0.973. The van der Waals surface area contributed by atoms with Gasteiger partial charge in [-0.15, -0.1) is 0 Å². The maximum atomic E-state index is 14.2. The molecule has 0 saturated carbocycles. The van der Waals surface area contributed by atoms with Gasteiger partial charge in [-0.3, -0.25) is 14.2 Å². The molecule has 222 valence electrons. The van der Waals surface area contributed by atoms with Crippen LogP contribution in [0.4, 0.5) is 0 Å². The highest BCUT2D eigenvalue weighted by Crippen LogP contribution is 2.36. The second-order valence-electron chi connectivity index (χ2n) is 9.90. The molecular formula is C33H31Cl2N3O4S. The van der Waals surface area contributed by atoms with Gasteiger partial charge in [-0.05, 0) is 68.8 Å². The summed E-state index contributed by atoms with van der Waals surface area (Å²) in [6.45, 7) is 7.02. The molecule has 7 nitrogen and oxygen atoms in total. The number of hydrogen-bond acceptors (Lipinski definition) is 6. The molecule has 1 aromatic heterocycles. The lowest BCUT2D eigenvalue weighted by Gasteiger charge is -2.29. The van der Waals surface area contributed by atoms with Crippen molar-refractivity contribution in [3.05, 3.63) is 124 Å². The van der Waals surface area contributed by atoms with Gasteiger partial charge in [0.05, 0.1) is 22.9 Å². The number of para-hydroxylation sites is 1. The molecule has 0 unspecified atom stereocenters. The summed E-state index contributed by atoms with van der Waals surface area (Å²) in [6, 6.07) is 19.4. The van der Waals surface area contributed by atoms with Gasteiger partial charge in [0.25, 0.3) is 11.5 Å². The molecule has 4 aromatic rings. The van der Waals surface area contributed by atoms with Crippen molar-refractivity contribution in [1.29, 1.82) is 0 Å². The summed E-state index contributed by atoms with van der Waals surface area (Å²) in [5, 5.41) is 1.13. The zero-order valence-electron chi connectivity index (χ0n) is 24.3. The fraction of sp³-hybridized carbons (Fsp3) is 0.242. The zero-order valence-corrected chi connectivity index (χ0v) is 26.6. The quantitative estimate of drug-likeness (QED) is 0.226. The van der Waals surface area contributed by atoms with Crippen LogP contribution in [0, 0.1) is 0 Å². The highest BCUT2D eigenvalue weighted by molar-refractivity contribution is 7.07. The highest BCUT2D eigenvalue weighted by Gasteiger charge is 2.35. The third-order valence-corrected chi connectivity index (χ3v) is 8.73. The molecule has 0 fully saturated rings. The molecule has 1 aliphatic rings. The zero-order chi connectivity index (χ0) is 30.7. The maximum Gasteiger partial charge on any atom is 0.271 e. The maximum absolute atomic E-state index is 14.2. The smallest absolute Gasteiger partial charge is 0.271 e. The Labute approximate surface area is 263 Å². The minimum Gasteiger partial charge on any atom is -0.496 e. The Morgan fingerprint density at radius 1 is 1.02 bits per heavy atom. The minimum absolute atomic E-state index is 0.164. The predicted molar refractivity (Wildman–Crippen MR) is 172 cm³/mol. The number of nitrogens with zero attached hydrogens (tertiary/aromatic N) is 3. The number of aromatic nitrogens is 1. The lowest BCUT2D eigenvalue weighted by atomic mass is 9.94. The Morgan fingerprint density at radius 3 is 2.49 bits per heavy atom. The van der Waals surface area contributed by atoms with E-state index in [2.05, 4.69) is 0 Å². The first kappa shape index (κ1) is 30.6. The monoisotopic (exact) mass is 635 g/mol. The van der Waals surface area contributed by atoms with Gasteiger partial charge in [0.1, 0.15) is 24.1 Å². The summed E-state index contributed by atoms with van der Waals surface area (Å²) in [4.78, 5) is 35.1. The molecule has 1 amide bonds. The van der Waals surface area contributed by atoms with Crippen LogP contribution >= 0.6 is 34.5 Å². The number of ether oxygens (including phenoxy) is 2. The molecule has 0 N–H and O–H groups in total. The molecule has 0 aliphatic carbocycles. The molecule has 10 heteroatoms. The second kappa shape index (κ2) is 13.2. The molecule has 43 heavy (non-hydrogen) atoms. The number of allylic oxidation sites excluding steroid dienone is 1. The first-order valence-corrected chi connectivity index (χ1v) is 15.4. The van der Waals surface area contributed by atoms with Crippen molar-refractivity contribution in [2.45, 2.75) is 33.4 Å². The fourth-order valence-corrected chi connectivity index (χ4v) is 6.59. The Bertz CT molecular complexity index is 1890. The average molecular weight is 637 g/mol.